The Hall–Kier alpha value is -1.50. The molecule has 2 N–H and O–H groups in total. The minimum absolute atomic E-state index is 0. The van der Waals surface area contributed by atoms with Gasteiger partial charge in [-0.3, -0.25) is 9.69 Å². The number of carbonyl (C=O) groups excluding carboxylic acids is 1. The summed E-state index contributed by atoms with van der Waals surface area (Å²) in [6.07, 6.45) is 2.57. The normalized spacial score (nSPS) is 22.2. The van der Waals surface area contributed by atoms with Gasteiger partial charge in [-0.1, -0.05) is 6.07 Å². The Bertz CT molecular complexity index is 606. The fourth-order valence-corrected chi connectivity index (χ4v) is 3.89. The van der Waals surface area contributed by atoms with Crippen LogP contribution in [0.4, 0.5) is 0 Å². The molecule has 26 heavy (non-hydrogen) atoms. The average Bonchev–Trinajstić information content (AvgIpc) is 3.23. The van der Waals surface area contributed by atoms with Crippen LogP contribution < -0.4 is 20.1 Å². The molecule has 0 aromatic heterocycles. The summed E-state index contributed by atoms with van der Waals surface area (Å²) in [5.74, 6) is 1.16. The SMILES string of the molecule is CCNC(=O)COc1ccc(CN2CCC3(CCNC3)C2)cc1OC.Cl. The van der Waals surface area contributed by atoms with Gasteiger partial charge in [0, 0.05) is 26.2 Å². The number of likely N-dealkylation sites (tertiary alicyclic amines) is 1. The van der Waals surface area contributed by atoms with Crippen LogP contribution in [0.3, 0.4) is 0 Å². The summed E-state index contributed by atoms with van der Waals surface area (Å²) in [6, 6.07) is 5.98. The molecule has 1 amide bonds. The van der Waals surface area contributed by atoms with E-state index in [-0.39, 0.29) is 24.9 Å². The topological polar surface area (TPSA) is 62.8 Å². The van der Waals surface area contributed by atoms with Crippen molar-refractivity contribution in [2.24, 2.45) is 5.41 Å². The maximum Gasteiger partial charge on any atom is 0.257 e. The summed E-state index contributed by atoms with van der Waals surface area (Å²) in [5.41, 5.74) is 1.70. The molecule has 1 unspecified atom stereocenters. The first-order chi connectivity index (χ1) is 12.1. The van der Waals surface area contributed by atoms with Crippen LogP contribution >= 0.6 is 12.4 Å². The van der Waals surface area contributed by atoms with Crippen molar-refractivity contribution in [3.63, 3.8) is 0 Å². The van der Waals surface area contributed by atoms with Crippen molar-refractivity contribution in [1.29, 1.82) is 0 Å². The molecular weight excluding hydrogens is 354 g/mol. The smallest absolute Gasteiger partial charge is 0.257 e. The van der Waals surface area contributed by atoms with E-state index in [1.807, 2.05) is 19.1 Å². The van der Waals surface area contributed by atoms with Crippen LogP contribution in [-0.2, 0) is 11.3 Å². The third kappa shape index (κ3) is 5.02. The van der Waals surface area contributed by atoms with Gasteiger partial charge in [0.25, 0.3) is 5.91 Å². The van der Waals surface area contributed by atoms with Crippen molar-refractivity contribution in [3.05, 3.63) is 23.8 Å². The number of halogens is 1. The zero-order valence-electron chi connectivity index (χ0n) is 15.7. The lowest BCUT2D eigenvalue weighted by Gasteiger charge is -2.23. The Morgan fingerprint density at radius 2 is 2.19 bits per heavy atom. The fourth-order valence-electron chi connectivity index (χ4n) is 3.89. The Morgan fingerprint density at radius 1 is 1.35 bits per heavy atom. The van der Waals surface area contributed by atoms with Crippen molar-refractivity contribution in [2.45, 2.75) is 26.3 Å². The molecule has 0 bridgehead atoms. The molecule has 1 spiro atoms. The van der Waals surface area contributed by atoms with E-state index in [1.54, 1.807) is 7.11 Å². The summed E-state index contributed by atoms with van der Waals surface area (Å²) < 4.78 is 11.0. The highest BCUT2D eigenvalue weighted by Crippen LogP contribution is 2.37. The predicted octanol–water partition coefficient (Wildman–Crippen LogP) is 1.82. The minimum Gasteiger partial charge on any atom is -0.493 e. The van der Waals surface area contributed by atoms with Gasteiger partial charge in [0.15, 0.2) is 18.1 Å². The number of likely N-dealkylation sites (N-methyl/N-ethyl adjacent to an activating group) is 1. The van der Waals surface area contributed by atoms with Crippen molar-refractivity contribution < 1.29 is 14.3 Å². The predicted molar refractivity (Wildman–Crippen MR) is 104 cm³/mol. The lowest BCUT2D eigenvalue weighted by atomic mass is 9.86. The number of nitrogens with one attached hydrogen (secondary N) is 2. The molecule has 0 radical (unpaired) electrons. The van der Waals surface area contributed by atoms with Gasteiger partial charge >= 0.3 is 0 Å². The summed E-state index contributed by atoms with van der Waals surface area (Å²) in [6.45, 7) is 8.04. The van der Waals surface area contributed by atoms with Crippen molar-refractivity contribution in [3.8, 4) is 11.5 Å². The van der Waals surface area contributed by atoms with Gasteiger partial charge in [0.05, 0.1) is 7.11 Å². The number of hydrogen-bond donors (Lipinski definition) is 2. The number of rotatable bonds is 7. The number of hydrogen-bond acceptors (Lipinski definition) is 5. The van der Waals surface area contributed by atoms with Gasteiger partial charge in [-0.15, -0.1) is 12.4 Å². The van der Waals surface area contributed by atoms with E-state index < -0.39 is 0 Å². The number of carbonyl (C=O) groups is 1. The maximum atomic E-state index is 11.5. The summed E-state index contributed by atoms with van der Waals surface area (Å²) >= 11 is 0. The molecule has 7 heteroatoms. The van der Waals surface area contributed by atoms with E-state index in [0.29, 0.717) is 23.5 Å². The van der Waals surface area contributed by atoms with Gasteiger partial charge in [0.2, 0.25) is 0 Å². The van der Waals surface area contributed by atoms with Gasteiger partial charge in [-0.25, -0.2) is 0 Å². The van der Waals surface area contributed by atoms with Crippen molar-refractivity contribution >= 4 is 18.3 Å². The third-order valence-electron chi connectivity index (χ3n) is 5.22. The van der Waals surface area contributed by atoms with E-state index in [9.17, 15) is 4.79 Å². The van der Waals surface area contributed by atoms with Crippen molar-refractivity contribution in [2.75, 3.05) is 46.4 Å². The molecule has 3 rings (SSSR count). The fraction of sp³-hybridized carbons (Fsp3) is 0.632. The summed E-state index contributed by atoms with van der Waals surface area (Å²) in [7, 11) is 1.63. The zero-order valence-corrected chi connectivity index (χ0v) is 16.5. The lowest BCUT2D eigenvalue weighted by Crippen LogP contribution is -2.29. The highest BCUT2D eigenvalue weighted by Gasteiger charge is 2.40. The van der Waals surface area contributed by atoms with Crippen LogP contribution in [0.1, 0.15) is 25.3 Å². The number of ether oxygens (including phenoxy) is 2. The Labute approximate surface area is 162 Å². The molecule has 1 aromatic rings. The van der Waals surface area contributed by atoms with E-state index >= 15 is 0 Å². The van der Waals surface area contributed by atoms with E-state index in [1.165, 1.54) is 18.4 Å². The van der Waals surface area contributed by atoms with E-state index in [4.69, 9.17) is 9.47 Å². The van der Waals surface area contributed by atoms with Crippen LogP contribution in [0.15, 0.2) is 18.2 Å². The molecule has 2 fully saturated rings. The second-order valence-electron chi connectivity index (χ2n) is 7.11. The summed E-state index contributed by atoms with van der Waals surface area (Å²) in [5, 5.41) is 6.22. The van der Waals surface area contributed by atoms with Crippen LogP contribution in [-0.4, -0.2) is 57.2 Å². The zero-order chi connectivity index (χ0) is 17.7. The second kappa shape index (κ2) is 9.44. The average molecular weight is 384 g/mol. The quantitative estimate of drug-likeness (QED) is 0.752. The third-order valence-corrected chi connectivity index (χ3v) is 5.22. The molecule has 6 nitrogen and oxygen atoms in total. The number of amides is 1. The van der Waals surface area contributed by atoms with E-state index in [0.717, 1.165) is 32.7 Å². The highest BCUT2D eigenvalue weighted by molar-refractivity contribution is 5.85. The Balaban J connectivity index is 0.00000243. The monoisotopic (exact) mass is 383 g/mol. The molecule has 2 heterocycles. The second-order valence-corrected chi connectivity index (χ2v) is 7.11. The van der Waals surface area contributed by atoms with Gasteiger partial charge in [-0.2, -0.15) is 0 Å². The van der Waals surface area contributed by atoms with Crippen LogP contribution in [0.5, 0.6) is 11.5 Å². The first-order valence-electron chi connectivity index (χ1n) is 9.14. The molecule has 0 saturated carbocycles. The first kappa shape index (κ1) is 20.8. The molecule has 2 aliphatic heterocycles. The number of benzene rings is 1. The van der Waals surface area contributed by atoms with Crippen LogP contribution in [0.2, 0.25) is 0 Å². The van der Waals surface area contributed by atoms with Crippen LogP contribution in [0, 0.1) is 5.41 Å². The van der Waals surface area contributed by atoms with Crippen LogP contribution in [0.25, 0.3) is 0 Å². The lowest BCUT2D eigenvalue weighted by molar-refractivity contribution is -0.123. The molecule has 1 atom stereocenters. The molecule has 146 valence electrons. The highest BCUT2D eigenvalue weighted by atomic mass is 35.5. The number of nitrogens with zero attached hydrogens (tertiary/aromatic N) is 1. The summed E-state index contributed by atoms with van der Waals surface area (Å²) in [4.78, 5) is 14.1. The molecule has 2 aliphatic rings. The van der Waals surface area contributed by atoms with Gasteiger partial charge in [-0.05, 0) is 56.0 Å². The molecular formula is C19H30ClN3O3. The van der Waals surface area contributed by atoms with Crippen molar-refractivity contribution in [1.82, 2.24) is 15.5 Å². The largest absolute Gasteiger partial charge is 0.493 e. The standard InChI is InChI=1S/C19H29N3O3.ClH/c1-3-21-18(23)12-25-16-5-4-15(10-17(16)24-2)11-22-9-7-19(14-22)6-8-20-13-19;/h4-5,10,20H,3,6-9,11-14H2,1-2H3,(H,21,23);1H. The minimum atomic E-state index is -0.124. The van der Waals surface area contributed by atoms with Gasteiger partial charge in [0.1, 0.15) is 0 Å². The number of methoxy groups -OCH3 is 1. The molecule has 0 aliphatic carbocycles. The van der Waals surface area contributed by atoms with E-state index in [2.05, 4.69) is 21.6 Å². The van der Waals surface area contributed by atoms with Gasteiger partial charge < -0.3 is 20.1 Å². The first-order valence-corrected chi connectivity index (χ1v) is 9.14. The Morgan fingerprint density at radius 3 is 2.88 bits per heavy atom. The molecule has 1 aromatic carbocycles. The Kier molecular flexibility index (Phi) is 7.55. The molecule has 2 saturated heterocycles. The maximum absolute atomic E-state index is 11.5.